The van der Waals surface area contributed by atoms with Gasteiger partial charge in [-0.05, 0) is 37.6 Å². The molecule has 3 aromatic rings. The molecule has 1 heterocycles. The molecule has 1 atom stereocenters. The van der Waals surface area contributed by atoms with Gasteiger partial charge in [0.15, 0.2) is 5.69 Å². The maximum Gasteiger partial charge on any atom is 0.416 e. The third-order valence-corrected chi connectivity index (χ3v) is 4.44. The van der Waals surface area contributed by atoms with Gasteiger partial charge in [-0.3, -0.25) is 9.48 Å². The van der Waals surface area contributed by atoms with Crippen LogP contribution in [0.25, 0.3) is 11.3 Å². The molecule has 146 valence electrons. The number of benzene rings is 2. The van der Waals surface area contributed by atoms with Gasteiger partial charge in [0.2, 0.25) is 0 Å². The monoisotopic (exact) mass is 387 g/mol. The van der Waals surface area contributed by atoms with Crippen LogP contribution in [0.1, 0.15) is 41.5 Å². The average Bonchev–Trinajstić information content (AvgIpc) is 3.13. The van der Waals surface area contributed by atoms with E-state index in [1.165, 1.54) is 16.8 Å². The predicted molar refractivity (Wildman–Crippen MR) is 101 cm³/mol. The van der Waals surface area contributed by atoms with Crippen molar-refractivity contribution in [1.29, 1.82) is 0 Å². The first kappa shape index (κ1) is 19.7. The minimum Gasteiger partial charge on any atom is -0.344 e. The van der Waals surface area contributed by atoms with Gasteiger partial charge >= 0.3 is 6.18 Å². The molecule has 0 spiro atoms. The van der Waals surface area contributed by atoms with Crippen LogP contribution in [-0.2, 0) is 12.7 Å². The average molecular weight is 387 g/mol. The summed E-state index contributed by atoms with van der Waals surface area (Å²) < 4.78 is 40.6. The molecule has 7 heteroatoms. The number of aromatic nitrogens is 2. The molecule has 1 N–H and O–H groups in total. The van der Waals surface area contributed by atoms with Gasteiger partial charge < -0.3 is 5.32 Å². The van der Waals surface area contributed by atoms with Crippen LogP contribution in [0.15, 0.2) is 60.7 Å². The molecule has 0 saturated carbocycles. The Morgan fingerprint density at radius 1 is 1.11 bits per heavy atom. The van der Waals surface area contributed by atoms with E-state index in [9.17, 15) is 18.0 Å². The Hall–Kier alpha value is -3.09. The normalized spacial score (nSPS) is 12.6. The van der Waals surface area contributed by atoms with E-state index in [2.05, 4.69) is 10.4 Å². The van der Waals surface area contributed by atoms with E-state index in [1.54, 1.807) is 6.07 Å². The first-order chi connectivity index (χ1) is 13.3. The van der Waals surface area contributed by atoms with Crippen LogP contribution >= 0.6 is 0 Å². The van der Waals surface area contributed by atoms with Crippen LogP contribution < -0.4 is 5.32 Å². The van der Waals surface area contributed by atoms with E-state index >= 15 is 0 Å². The Kier molecular flexibility index (Phi) is 5.53. The standard InChI is InChI=1S/C21H20F3N3O/c1-3-27-19(16-10-7-11-17(12-16)21(22,23)24)13-18(26-27)20(28)25-14(2)15-8-5-4-6-9-15/h4-14H,3H2,1-2H3,(H,25,28)/t14-/m0/s1. The predicted octanol–water partition coefficient (Wildman–Crippen LogP) is 5.08. The lowest BCUT2D eigenvalue weighted by molar-refractivity contribution is -0.137. The number of carbonyl (C=O) groups is 1. The van der Waals surface area contributed by atoms with Crippen LogP contribution in [0.3, 0.4) is 0 Å². The van der Waals surface area contributed by atoms with E-state index < -0.39 is 11.7 Å². The number of hydrogen-bond acceptors (Lipinski definition) is 2. The fourth-order valence-electron chi connectivity index (χ4n) is 2.95. The number of aryl methyl sites for hydroxylation is 1. The van der Waals surface area contributed by atoms with Crippen molar-refractivity contribution in [1.82, 2.24) is 15.1 Å². The quantitative estimate of drug-likeness (QED) is 0.664. The Labute approximate surface area is 161 Å². The number of nitrogens with zero attached hydrogens (tertiary/aromatic N) is 2. The minimum absolute atomic E-state index is 0.164. The molecule has 0 aliphatic heterocycles. The number of amides is 1. The van der Waals surface area contributed by atoms with Gasteiger partial charge in [0.25, 0.3) is 5.91 Å². The second-order valence-corrected chi connectivity index (χ2v) is 6.41. The number of rotatable bonds is 5. The molecule has 28 heavy (non-hydrogen) atoms. The maximum absolute atomic E-state index is 13.0. The number of alkyl halides is 3. The second-order valence-electron chi connectivity index (χ2n) is 6.41. The third kappa shape index (κ3) is 4.24. The number of hydrogen-bond donors (Lipinski definition) is 1. The summed E-state index contributed by atoms with van der Waals surface area (Å²) in [4.78, 5) is 12.6. The van der Waals surface area contributed by atoms with Crippen molar-refractivity contribution in [2.45, 2.75) is 32.6 Å². The topological polar surface area (TPSA) is 46.9 Å². The van der Waals surface area contributed by atoms with Crippen molar-refractivity contribution in [2.75, 3.05) is 0 Å². The van der Waals surface area contributed by atoms with E-state index in [-0.39, 0.29) is 17.6 Å². The molecular formula is C21H20F3N3O. The summed E-state index contributed by atoms with van der Waals surface area (Å²) in [6.07, 6.45) is -4.43. The van der Waals surface area contributed by atoms with Gasteiger partial charge in [-0.1, -0.05) is 42.5 Å². The summed E-state index contributed by atoms with van der Waals surface area (Å²) in [6.45, 7) is 4.10. The van der Waals surface area contributed by atoms with E-state index in [0.717, 1.165) is 17.7 Å². The summed E-state index contributed by atoms with van der Waals surface area (Å²) >= 11 is 0. The molecule has 0 fully saturated rings. The molecule has 0 saturated heterocycles. The highest BCUT2D eigenvalue weighted by molar-refractivity contribution is 5.93. The van der Waals surface area contributed by atoms with Crippen LogP contribution in [0, 0.1) is 0 Å². The van der Waals surface area contributed by atoms with Gasteiger partial charge in [-0.2, -0.15) is 18.3 Å². The zero-order chi connectivity index (χ0) is 20.3. The highest BCUT2D eigenvalue weighted by atomic mass is 19.4. The zero-order valence-corrected chi connectivity index (χ0v) is 15.5. The van der Waals surface area contributed by atoms with E-state index in [4.69, 9.17) is 0 Å². The van der Waals surface area contributed by atoms with Crippen molar-refractivity contribution < 1.29 is 18.0 Å². The Bertz CT molecular complexity index is 965. The summed E-state index contributed by atoms with van der Waals surface area (Å²) in [5.74, 6) is -0.378. The minimum atomic E-state index is -4.43. The molecular weight excluding hydrogens is 367 g/mol. The van der Waals surface area contributed by atoms with Gasteiger partial charge in [0, 0.05) is 12.1 Å². The molecule has 0 bridgehead atoms. The molecule has 0 aliphatic carbocycles. The van der Waals surface area contributed by atoms with Crippen LogP contribution in [0.5, 0.6) is 0 Å². The fourth-order valence-corrected chi connectivity index (χ4v) is 2.95. The summed E-state index contributed by atoms with van der Waals surface area (Å²) in [7, 11) is 0. The molecule has 1 aromatic heterocycles. The summed E-state index contributed by atoms with van der Waals surface area (Å²) in [5, 5.41) is 7.14. The SMILES string of the molecule is CCn1nc(C(=O)N[C@@H](C)c2ccccc2)cc1-c1cccc(C(F)(F)F)c1. The maximum atomic E-state index is 13.0. The molecule has 0 radical (unpaired) electrons. The van der Waals surface area contributed by atoms with Gasteiger partial charge in [0.05, 0.1) is 17.3 Å². The zero-order valence-electron chi connectivity index (χ0n) is 15.5. The lowest BCUT2D eigenvalue weighted by Gasteiger charge is -2.13. The van der Waals surface area contributed by atoms with Crippen molar-refractivity contribution in [3.8, 4) is 11.3 Å². The van der Waals surface area contributed by atoms with Crippen molar-refractivity contribution in [3.05, 3.63) is 77.5 Å². The van der Waals surface area contributed by atoms with Crippen LogP contribution in [0.2, 0.25) is 0 Å². The lowest BCUT2D eigenvalue weighted by atomic mass is 10.1. The summed E-state index contributed by atoms with van der Waals surface area (Å²) in [6, 6.07) is 15.8. The Morgan fingerprint density at radius 2 is 1.82 bits per heavy atom. The first-order valence-corrected chi connectivity index (χ1v) is 8.91. The Morgan fingerprint density at radius 3 is 2.46 bits per heavy atom. The van der Waals surface area contributed by atoms with Gasteiger partial charge in [-0.25, -0.2) is 0 Å². The largest absolute Gasteiger partial charge is 0.416 e. The van der Waals surface area contributed by atoms with Gasteiger partial charge in [0.1, 0.15) is 0 Å². The van der Waals surface area contributed by atoms with E-state index in [1.807, 2.05) is 44.2 Å². The molecule has 2 aromatic carbocycles. The summed E-state index contributed by atoms with van der Waals surface area (Å²) in [5.41, 5.74) is 1.20. The van der Waals surface area contributed by atoms with E-state index in [0.29, 0.717) is 17.8 Å². The number of halogens is 3. The third-order valence-electron chi connectivity index (χ3n) is 4.44. The van der Waals surface area contributed by atoms with Crippen LogP contribution in [-0.4, -0.2) is 15.7 Å². The highest BCUT2D eigenvalue weighted by Crippen LogP contribution is 2.32. The van der Waals surface area contributed by atoms with Crippen molar-refractivity contribution >= 4 is 5.91 Å². The fraction of sp³-hybridized carbons (Fsp3) is 0.238. The van der Waals surface area contributed by atoms with Crippen LogP contribution in [0.4, 0.5) is 13.2 Å². The number of carbonyl (C=O) groups excluding carboxylic acids is 1. The first-order valence-electron chi connectivity index (χ1n) is 8.91. The molecule has 4 nitrogen and oxygen atoms in total. The molecule has 0 unspecified atom stereocenters. The number of nitrogens with one attached hydrogen (secondary N) is 1. The van der Waals surface area contributed by atoms with Gasteiger partial charge in [-0.15, -0.1) is 0 Å². The highest BCUT2D eigenvalue weighted by Gasteiger charge is 2.30. The van der Waals surface area contributed by atoms with Crippen molar-refractivity contribution in [2.24, 2.45) is 0 Å². The second kappa shape index (κ2) is 7.88. The molecule has 1 amide bonds. The lowest BCUT2D eigenvalue weighted by Crippen LogP contribution is -2.27. The molecule has 0 aliphatic rings. The Balaban J connectivity index is 1.87. The smallest absolute Gasteiger partial charge is 0.344 e. The molecule has 3 rings (SSSR count). The van der Waals surface area contributed by atoms with Crippen molar-refractivity contribution in [3.63, 3.8) is 0 Å².